The van der Waals surface area contributed by atoms with Crippen LogP contribution in [0.5, 0.6) is 0 Å². The third-order valence-electron chi connectivity index (χ3n) is 2.66. The molecular formula is C13H13ClFN3O. The van der Waals surface area contributed by atoms with Crippen molar-refractivity contribution in [3.8, 4) is 0 Å². The van der Waals surface area contributed by atoms with Gasteiger partial charge in [-0.15, -0.1) is 0 Å². The second-order valence-electron chi connectivity index (χ2n) is 4.22. The summed E-state index contributed by atoms with van der Waals surface area (Å²) >= 11 is 5.64. The summed E-state index contributed by atoms with van der Waals surface area (Å²) in [4.78, 5) is 11.8. The number of hydrogen-bond donors (Lipinski definition) is 1. The lowest BCUT2D eigenvalue weighted by Gasteiger charge is -2.12. The van der Waals surface area contributed by atoms with Gasteiger partial charge >= 0.3 is 0 Å². The third-order valence-corrected chi connectivity index (χ3v) is 2.95. The fourth-order valence-electron chi connectivity index (χ4n) is 1.69. The Balaban J connectivity index is 1.95. The zero-order valence-corrected chi connectivity index (χ0v) is 11.1. The fraction of sp³-hybridized carbons (Fsp3) is 0.231. The predicted octanol–water partition coefficient (Wildman–Crippen LogP) is 3.27. The number of nitrogens with zero attached hydrogens (tertiary/aromatic N) is 2. The summed E-state index contributed by atoms with van der Waals surface area (Å²) in [5.41, 5.74) is 0.476. The number of halogens is 2. The minimum atomic E-state index is -0.510. The van der Waals surface area contributed by atoms with Crippen molar-refractivity contribution in [2.45, 2.75) is 19.4 Å². The van der Waals surface area contributed by atoms with Gasteiger partial charge in [-0.1, -0.05) is 11.6 Å². The number of aromatic nitrogens is 2. The van der Waals surface area contributed by atoms with Crippen molar-refractivity contribution in [2.75, 3.05) is 5.32 Å². The Hall–Kier alpha value is -1.88. The van der Waals surface area contributed by atoms with E-state index in [2.05, 4.69) is 10.4 Å². The molecule has 0 aliphatic heterocycles. The molecule has 0 radical (unpaired) electrons. The van der Waals surface area contributed by atoms with Gasteiger partial charge in [0.15, 0.2) is 0 Å². The Kier molecular flexibility index (Phi) is 4.16. The predicted molar refractivity (Wildman–Crippen MR) is 71.6 cm³/mol. The van der Waals surface area contributed by atoms with Gasteiger partial charge in [-0.2, -0.15) is 5.10 Å². The van der Waals surface area contributed by atoms with E-state index in [0.29, 0.717) is 5.69 Å². The van der Waals surface area contributed by atoms with Crippen LogP contribution in [-0.2, 0) is 4.79 Å². The van der Waals surface area contributed by atoms with Gasteiger partial charge < -0.3 is 5.32 Å². The van der Waals surface area contributed by atoms with Crippen molar-refractivity contribution in [1.29, 1.82) is 0 Å². The average Bonchev–Trinajstić information content (AvgIpc) is 2.87. The first-order valence-corrected chi connectivity index (χ1v) is 6.18. The molecule has 19 heavy (non-hydrogen) atoms. The number of anilines is 1. The zero-order valence-electron chi connectivity index (χ0n) is 10.3. The van der Waals surface area contributed by atoms with Crippen LogP contribution < -0.4 is 5.32 Å². The molecule has 1 amide bonds. The zero-order chi connectivity index (χ0) is 13.8. The van der Waals surface area contributed by atoms with Gasteiger partial charge in [0, 0.05) is 24.5 Å². The van der Waals surface area contributed by atoms with Gasteiger partial charge in [-0.05, 0) is 31.2 Å². The molecule has 100 valence electrons. The SMILES string of the molecule is C[C@H](CC(=O)Nc1ccc(F)c(Cl)c1)n1cccn1. The first-order chi connectivity index (χ1) is 9.06. The first-order valence-electron chi connectivity index (χ1n) is 5.80. The normalized spacial score (nSPS) is 12.2. The van der Waals surface area contributed by atoms with Crippen LogP contribution in [0.2, 0.25) is 5.02 Å². The number of carbonyl (C=O) groups excluding carboxylic acids is 1. The standard InChI is InChI=1S/C13H13ClFN3O/c1-9(18-6-2-5-16-18)7-13(19)17-10-3-4-12(15)11(14)8-10/h2-6,8-9H,7H2,1H3,(H,17,19)/t9-/m1/s1. The highest BCUT2D eigenvalue weighted by Crippen LogP contribution is 2.20. The minimum Gasteiger partial charge on any atom is -0.326 e. The Labute approximate surface area is 115 Å². The number of rotatable bonds is 4. The molecular weight excluding hydrogens is 269 g/mol. The lowest BCUT2D eigenvalue weighted by molar-refractivity contribution is -0.116. The highest BCUT2D eigenvalue weighted by molar-refractivity contribution is 6.31. The monoisotopic (exact) mass is 281 g/mol. The van der Waals surface area contributed by atoms with Crippen LogP contribution in [0.1, 0.15) is 19.4 Å². The maximum atomic E-state index is 13.0. The largest absolute Gasteiger partial charge is 0.326 e. The minimum absolute atomic E-state index is 0.0158. The van der Waals surface area contributed by atoms with E-state index in [0.717, 1.165) is 0 Å². The second-order valence-corrected chi connectivity index (χ2v) is 4.62. The molecule has 1 aromatic heterocycles. The van der Waals surface area contributed by atoms with Gasteiger partial charge in [0.2, 0.25) is 5.91 Å². The number of carbonyl (C=O) groups is 1. The average molecular weight is 282 g/mol. The second kappa shape index (κ2) is 5.84. The summed E-state index contributed by atoms with van der Waals surface area (Å²) in [5, 5.41) is 6.72. The molecule has 0 aliphatic rings. The Morgan fingerprint density at radius 1 is 1.58 bits per heavy atom. The van der Waals surface area contributed by atoms with Gasteiger partial charge in [-0.3, -0.25) is 9.48 Å². The highest BCUT2D eigenvalue weighted by Gasteiger charge is 2.11. The van der Waals surface area contributed by atoms with E-state index in [1.807, 2.05) is 6.92 Å². The molecule has 1 heterocycles. The van der Waals surface area contributed by atoms with E-state index in [4.69, 9.17) is 11.6 Å². The van der Waals surface area contributed by atoms with E-state index in [1.54, 1.807) is 23.1 Å². The lowest BCUT2D eigenvalue weighted by Crippen LogP contribution is -2.17. The van der Waals surface area contributed by atoms with Crippen LogP contribution in [-0.4, -0.2) is 15.7 Å². The quantitative estimate of drug-likeness (QED) is 0.935. The van der Waals surface area contributed by atoms with Crippen LogP contribution in [0.15, 0.2) is 36.7 Å². The highest BCUT2D eigenvalue weighted by atomic mass is 35.5. The molecule has 0 spiro atoms. The van der Waals surface area contributed by atoms with Gasteiger partial charge in [-0.25, -0.2) is 4.39 Å². The van der Waals surface area contributed by atoms with E-state index >= 15 is 0 Å². The van der Waals surface area contributed by atoms with E-state index in [-0.39, 0.29) is 23.4 Å². The number of benzene rings is 1. The van der Waals surface area contributed by atoms with E-state index in [1.165, 1.54) is 18.2 Å². The van der Waals surface area contributed by atoms with Crippen LogP contribution in [0.3, 0.4) is 0 Å². The van der Waals surface area contributed by atoms with Crippen molar-refractivity contribution in [1.82, 2.24) is 9.78 Å². The summed E-state index contributed by atoms with van der Waals surface area (Å²) in [5.74, 6) is -0.685. The lowest BCUT2D eigenvalue weighted by atomic mass is 10.2. The maximum Gasteiger partial charge on any atom is 0.226 e. The van der Waals surface area contributed by atoms with Crippen LogP contribution in [0, 0.1) is 5.82 Å². The third kappa shape index (κ3) is 3.54. The van der Waals surface area contributed by atoms with Gasteiger partial charge in [0.05, 0.1) is 11.1 Å². The summed E-state index contributed by atoms with van der Waals surface area (Å²) in [7, 11) is 0. The van der Waals surface area contributed by atoms with Crippen LogP contribution in [0.4, 0.5) is 10.1 Å². The van der Waals surface area contributed by atoms with Crippen LogP contribution >= 0.6 is 11.6 Å². The number of nitrogens with one attached hydrogen (secondary N) is 1. The van der Waals surface area contributed by atoms with Gasteiger partial charge in [0.1, 0.15) is 5.82 Å². The number of hydrogen-bond acceptors (Lipinski definition) is 2. The van der Waals surface area contributed by atoms with Crippen molar-refractivity contribution in [3.05, 3.63) is 47.5 Å². The molecule has 0 saturated carbocycles. The Morgan fingerprint density at radius 2 is 2.37 bits per heavy atom. The first kappa shape index (κ1) is 13.5. The molecule has 0 fully saturated rings. The van der Waals surface area contributed by atoms with Gasteiger partial charge in [0.25, 0.3) is 0 Å². The topological polar surface area (TPSA) is 46.9 Å². The molecule has 1 atom stereocenters. The summed E-state index contributed by atoms with van der Waals surface area (Å²) in [6.45, 7) is 1.89. The van der Waals surface area contributed by atoms with Crippen molar-refractivity contribution >= 4 is 23.2 Å². The van der Waals surface area contributed by atoms with Crippen molar-refractivity contribution in [2.24, 2.45) is 0 Å². The number of amides is 1. The van der Waals surface area contributed by atoms with E-state index < -0.39 is 5.82 Å². The molecule has 2 rings (SSSR count). The molecule has 1 aromatic carbocycles. The Morgan fingerprint density at radius 3 is 3.00 bits per heavy atom. The van der Waals surface area contributed by atoms with Crippen LogP contribution in [0.25, 0.3) is 0 Å². The fourth-order valence-corrected chi connectivity index (χ4v) is 1.87. The van der Waals surface area contributed by atoms with E-state index in [9.17, 15) is 9.18 Å². The molecule has 2 aromatic rings. The van der Waals surface area contributed by atoms with Crippen molar-refractivity contribution < 1.29 is 9.18 Å². The summed E-state index contributed by atoms with van der Waals surface area (Å²) in [6.07, 6.45) is 3.73. The molecule has 0 unspecified atom stereocenters. The Bertz CT molecular complexity index is 571. The molecule has 1 N–H and O–H groups in total. The summed E-state index contributed by atoms with van der Waals surface area (Å²) < 4.78 is 14.7. The molecule has 4 nitrogen and oxygen atoms in total. The smallest absolute Gasteiger partial charge is 0.226 e. The summed E-state index contributed by atoms with van der Waals surface area (Å²) in [6, 6.07) is 5.82. The molecule has 0 aliphatic carbocycles. The van der Waals surface area contributed by atoms with Crippen molar-refractivity contribution in [3.63, 3.8) is 0 Å². The molecule has 0 bridgehead atoms. The maximum absolute atomic E-state index is 13.0. The molecule has 0 saturated heterocycles. The molecule has 6 heteroatoms.